The molecule has 3 aromatic rings. The number of anilines is 2. The van der Waals surface area contributed by atoms with E-state index >= 15 is 0 Å². The zero-order valence-electron chi connectivity index (χ0n) is 24.7. The molecule has 6 unspecified atom stereocenters. The highest BCUT2D eigenvalue weighted by Gasteiger charge is 2.76. The molecule has 2 aliphatic carbocycles. The van der Waals surface area contributed by atoms with E-state index in [2.05, 4.69) is 15.9 Å². The lowest BCUT2D eigenvalue weighted by atomic mass is 9.56. The van der Waals surface area contributed by atoms with Gasteiger partial charge in [0.1, 0.15) is 5.82 Å². The number of fused-ring (bicyclic) bond motifs is 4. The van der Waals surface area contributed by atoms with Gasteiger partial charge in [-0.05, 0) is 88.8 Å². The number of imide groups is 2. The van der Waals surface area contributed by atoms with Crippen LogP contribution in [0.25, 0.3) is 0 Å². The van der Waals surface area contributed by atoms with E-state index in [0.29, 0.717) is 11.1 Å². The summed E-state index contributed by atoms with van der Waals surface area (Å²) in [5, 5.41) is 21.8. The molecule has 3 fully saturated rings. The van der Waals surface area contributed by atoms with Gasteiger partial charge in [-0.2, -0.15) is 0 Å². The van der Waals surface area contributed by atoms with Crippen molar-refractivity contribution < 1.29 is 38.3 Å². The normalized spacial score (nSPS) is 29.4. The van der Waals surface area contributed by atoms with E-state index in [1.807, 2.05) is 0 Å². The van der Waals surface area contributed by atoms with Crippen molar-refractivity contribution in [3.05, 3.63) is 98.3 Å². The number of hydrogen-bond acceptors (Lipinski definition) is 8. The van der Waals surface area contributed by atoms with Gasteiger partial charge in [0.15, 0.2) is 21.2 Å². The minimum Gasteiger partial charge on any atom is -0.503 e. The highest BCUT2D eigenvalue weighted by atomic mass is 79.9. The molecule has 48 heavy (non-hydrogen) atoms. The summed E-state index contributed by atoms with van der Waals surface area (Å²) in [6.07, 6.45) is 1.53. The summed E-state index contributed by atoms with van der Waals surface area (Å²) < 4.78 is 19.4. The predicted octanol–water partition coefficient (Wildman–Crippen LogP) is 5.98. The number of carbonyl (C=O) groups is 4. The number of hydrogen-bond donors (Lipinski definition) is 1. The molecule has 15 heteroatoms. The maximum Gasteiger partial charge on any atom is 0.269 e. The van der Waals surface area contributed by atoms with E-state index < -0.39 is 67.8 Å². The van der Waals surface area contributed by atoms with E-state index in [1.165, 1.54) is 55.6 Å². The summed E-state index contributed by atoms with van der Waals surface area (Å²) >= 11 is 18.0. The first-order chi connectivity index (χ1) is 22.7. The maximum atomic E-state index is 14.5. The van der Waals surface area contributed by atoms with Crippen LogP contribution in [0.5, 0.6) is 11.5 Å². The van der Waals surface area contributed by atoms with Crippen LogP contribution in [-0.2, 0) is 19.2 Å². The molecule has 6 atom stereocenters. The molecule has 2 aliphatic heterocycles. The molecule has 11 nitrogen and oxygen atoms in total. The summed E-state index contributed by atoms with van der Waals surface area (Å²) in [6, 6.07) is 12.7. The van der Waals surface area contributed by atoms with Gasteiger partial charge in [-0.15, -0.1) is 23.2 Å². The summed E-state index contributed by atoms with van der Waals surface area (Å²) in [4.78, 5) is 64.9. The van der Waals surface area contributed by atoms with Gasteiger partial charge >= 0.3 is 0 Å². The lowest BCUT2D eigenvalue weighted by Gasteiger charge is -2.50. The minimum absolute atomic E-state index is 0.0276. The first kappa shape index (κ1) is 32.2. The Bertz CT molecular complexity index is 1990. The molecule has 0 aromatic heterocycles. The number of allylic oxidation sites excluding steroid dienone is 2. The number of nitro benzene ring substituents is 1. The fraction of sp³-hybridized carbons (Fsp3) is 0.273. The average Bonchev–Trinajstić information content (AvgIpc) is 3.40. The van der Waals surface area contributed by atoms with Crippen LogP contribution in [0.4, 0.5) is 21.5 Å². The van der Waals surface area contributed by atoms with Crippen LogP contribution >= 0.6 is 39.1 Å². The highest BCUT2D eigenvalue weighted by Crippen LogP contribution is 2.66. The Morgan fingerprint density at radius 3 is 2.21 bits per heavy atom. The van der Waals surface area contributed by atoms with Crippen molar-refractivity contribution in [2.24, 2.45) is 17.8 Å². The molecule has 4 aliphatic rings. The molecule has 1 saturated carbocycles. The van der Waals surface area contributed by atoms with Gasteiger partial charge < -0.3 is 9.84 Å². The number of nitro groups is 1. The molecule has 4 amide bonds. The lowest BCUT2D eigenvalue weighted by molar-refractivity contribution is -0.384. The molecule has 2 heterocycles. The number of non-ortho nitro benzene ring substituents is 1. The second kappa shape index (κ2) is 11.1. The van der Waals surface area contributed by atoms with Crippen LogP contribution in [0.1, 0.15) is 24.3 Å². The largest absolute Gasteiger partial charge is 0.503 e. The maximum absolute atomic E-state index is 14.5. The van der Waals surface area contributed by atoms with Crippen LogP contribution in [0, 0.1) is 33.7 Å². The number of phenols is 1. The van der Waals surface area contributed by atoms with Crippen molar-refractivity contribution in [2.75, 3.05) is 16.9 Å². The molecule has 0 spiro atoms. The first-order valence-corrected chi connectivity index (χ1v) is 16.2. The van der Waals surface area contributed by atoms with Crippen molar-refractivity contribution in [3.8, 4) is 11.5 Å². The van der Waals surface area contributed by atoms with E-state index in [1.54, 1.807) is 6.08 Å². The Kier molecular flexibility index (Phi) is 7.46. The van der Waals surface area contributed by atoms with Crippen molar-refractivity contribution >= 4 is 79.8 Å². The van der Waals surface area contributed by atoms with Gasteiger partial charge in [-0.3, -0.25) is 34.2 Å². The number of amides is 4. The van der Waals surface area contributed by atoms with Crippen LogP contribution < -0.4 is 14.5 Å². The monoisotopic (exact) mass is 757 g/mol. The van der Waals surface area contributed by atoms with Crippen molar-refractivity contribution in [2.45, 2.75) is 28.5 Å². The molecule has 1 N–H and O–H groups in total. The number of alkyl halides is 2. The third-order valence-electron chi connectivity index (χ3n) is 9.82. The van der Waals surface area contributed by atoms with Gasteiger partial charge in [-0.1, -0.05) is 11.6 Å². The summed E-state index contributed by atoms with van der Waals surface area (Å²) in [5.74, 6) is -7.56. The third kappa shape index (κ3) is 4.30. The van der Waals surface area contributed by atoms with E-state index in [9.17, 15) is 38.8 Å². The molecule has 3 aromatic carbocycles. The molecule has 7 rings (SSSR count). The summed E-state index contributed by atoms with van der Waals surface area (Å²) in [6.45, 7) is 0. The van der Waals surface area contributed by atoms with E-state index in [4.69, 9.17) is 27.9 Å². The van der Waals surface area contributed by atoms with Gasteiger partial charge in [0.05, 0.1) is 39.7 Å². The van der Waals surface area contributed by atoms with E-state index in [0.717, 1.165) is 21.9 Å². The highest BCUT2D eigenvalue weighted by molar-refractivity contribution is 9.10. The second-order valence-corrected chi connectivity index (χ2v) is 14.2. The standard InChI is InChI=1S/C33H23BrCl2FN3O8/c1-48-24-13-15(12-23(34)27(24)41)26-20-10-11-21-25(29(43)38(28(21)42)17-6-8-19(9-7-17)40(46)47)22(20)14-32(35)30(44)39(31(45)33(26,32)36)18-4-2-16(37)3-5-18/h2-10,12-13,21-22,25-26,41H,11,14H2,1H3. The summed E-state index contributed by atoms with van der Waals surface area (Å²) in [7, 11) is 1.33. The SMILES string of the molecule is COc1cc(C2C3=CCC4C(=O)N(c5ccc([N+](=O)[O-])cc5)C(=O)C4C3CC3(Cl)C(=O)N(c4ccc(F)cc4)C(=O)C23Cl)cc(Br)c1O. The van der Waals surface area contributed by atoms with Crippen LogP contribution in [-0.4, -0.2) is 50.5 Å². The first-order valence-electron chi connectivity index (χ1n) is 14.7. The Morgan fingerprint density at radius 1 is 0.958 bits per heavy atom. The third-order valence-corrected chi connectivity index (χ3v) is 11.8. The van der Waals surface area contributed by atoms with Gasteiger partial charge in [0, 0.05) is 18.1 Å². The van der Waals surface area contributed by atoms with Gasteiger partial charge in [-0.25, -0.2) is 9.29 Å². The topological polar surface area (TPSA) is 147 Å². The Balaban J connectivity index is 1.39. The quantitative estimate of drug-likeness (QED) is 0.110. The Hall–Kier alpha value is -4.33. The van der Waals surface area contributed by atoms with Crippen LogP contribution in [0.15, 0.2) is 76.8 Å². The molecule has 0 radical (unpaired) electrons. The van der Waals surface area contributed by atoms with E-state index in [-0.39, 0.29) is 45.9 Å². The van der Waals surface area contributed by atoms with Crippen molar-refractivity contribution in [3.63, 3.8) is 0 Å². The van der Waals surface area contributed by atoms with Crippen LogP contribution in [0.2, 0.25) is 0 Å². The average molecular weight is 759 g/mol. The number of rotatable bonds is 5. The smallest absolute Gasteiger partial charge is 0.269 e. The van der Waals surface area contributed by atoms with Crippen molar-refractivity contribution in [1.82, 2.24) is 0 Å². The van der Waals surface area contributed by atoms with Gasteiger partial charge in [0.25, 0.3) is 17.5 Å². The lowest BCUT2D eigenvalue weighted by Crippen LogP contribution is -2.60. The molecular weight excluding hydrogens is 736 g/mol. The Morgan fingerprint density at radius 2 is 1.58 bits per heavy atom. The number of nitrogens with zero attached hydrogens (tertiary/aromatic N) is 3. The van der Waals surface area contributed by atoms with Crippen molar-refractivity contribution in [1.29, 1.82) is 0 Å². The van der Waals surface area contributed by atoms with Crippen LogP contribution in [0.3, 0.4) is 0 Å². The number of ether oxygens (including phenoxy) is 1. The number of halogens is 4. The number of carbonyl (C=O) groups excluding carboxylic acids is 4. The number of methoxy groups -OCH3 is 1. The number of benzene rings is 3. The second-order valence-electron chi connectivity index (χ2n) is 12.1. The number of phenolic OH excluding ortho intramolecular Hbond substituents is 1. The van der Waals surface area contributed by atoms with Gasteiger partial charge in [0.2, 0.25) is 11.8 Å². The minimum atomic E-state index is -2.18. The predicted molar refractivity (Wildman–Crippen MR) is 175 cm³/mol. The number of aromatic hydroxyl groups is 1. The molecule has 2 saturated heterocycles. The molecular formula is C33H23BrCl2FN3O8. The molecule has 246 valence electrons. The fourth-order valence-electron chi connectivity index (χ4n) is 7.67. The summed E-state index contributed by atoms with van der Waals surface area (Å²) in [5.41, 5.74) is 0.791. The zero-order chi connectivity index (χ0) is 34.4. The zero-order valence-corrected chi connectivity index (χ0v) is 27.8. The molecule has 0 bridgehead atoms. The fourth-order valence-corrected chi connectivity index (χ4v) is 9.06. The Labute approximate surface area is 290 Å².